The highest BCUT2D eigenvalue weighted by Gasteiger charge is 2.14. The number of pyridine rings is 2. The number of hydroxylamine groups is 2. The van der Waals surface area contributed by atoms with Crippen LogP contribution in [-0.4, -0.2) is 47.5 Å². The van der Waals surface area contributed by atoms with Crippen LogP contribution in [0.15, 0.2) is 36.7 Å². The molecule has 3 aromatic heterocycles. The first-order valence-corrected chi connectivity index (χ1v) is 7.30. The van der Waals surface area contributed by atoms with Crippen molar-refractivity contribution >= 4 is 17.6 Å². The molecule has 0 aliphatic carbocycles. The molecule has 24 heavy (non-hydrogen) atoms. The van der Waals surface area contributed by atoms with Crippen LogP contribution >= 0.6 is 0 Å². The van der Waals surface area contributed by atoms with E-state index >= 15 is 0 Å². The lowest BCUT2D eigenvalue weighted by molar-refractivity contribution is -0.0324. The minimum Gasteiger partial charge on any atom is -0.390 e. The van der Waals surface area contributed by atoms with Crippen molar-refractivity contribution in [1.82, 2.24) is 24.6 Å². The van der Waals surface area contributed by atoms with Gasteiger partial charge >= 0.3 is 6.03 Å². The van der Waals surface area contributed by atoms with E-state index in [1.54, 1.807) is 31.5 Å². The molecule has 0 unspecified atom stereocenters. The second-order valence-corrected chi connectivity index (χ2v) is 4.99. The number of aliphatic hydroxyl groups excluding tert-OH is 1. The molecule has 3 rings (SSSR count). The first kappa shape index (κ1) is 15.8. The Hall–Kier alpha value is -3.04. The Bertz CT molecular complexity index is 864. The summed E-state index contributed by atoms with van der Waals surface area (Å²) in [5.41, 5.74) is 2.66. The van der Waals surface area contributed by atoms with Crippen molar-refractivity contribution in [2.45, 2.75) is 13.5 Å². The molecular weight excluding hydrogens is 312 g/mol. The first-order valence-electron chi connectivity index (χ1n) is 7.30. The summed E-state index contributed by atoms with van der Waals surface area (Å²) in [4.78, 5) is 20.0. The molecule has 0 radical (unpaired) electrons. The first-order chi connectivity index (χ1) is 11.6. The fraction of sp³-hybridized carbons (Fsp3) is 0.200. The van der Waals surface area contributed by atoms with E-state index in [0.29, 0.717) is 16.4 Å². The lowest BCUT2D eigenvalue weighted by atomic mass is 10.1. The lowest BCUT2D eigenvalue weighted by Gasteiger charge is -2.10. The van der Waals surface area contributed by atoms with Gasteiger partial charge in [0.2, 0.25) is 0 Å². The summed E-state index contributed by atoms with van der Waals surface area (Å²) < 4.78 is 1.43. The molecule has 2 amide bonds. The third-order valence-electron chi connectivity index (χ3n) is 3.42. The highest BCUT2D eigenvalue weighted by Crippen LogP contribution is 2.22. The average Bonchev–Trinajstić information content (AvgIpc) is 3.03. The average molecular weight is 328 g/mol. The number of fused-ring (bicyclic) bond motifs is 1. The van der Waals surface area contributed by atoms with E-state index in [9.17, 15) is 15.1 Å². The van der Waals surface area contributed by atoms with Gasteiger partial charge in [0.25, 0.3) is 5.95 Å². The van der Waals surface area contributed by atoms with Gasteiger partial charge in [0.1, 0.15) is 0 Å². The standard InChI is InChI=1S/C15H16N6O3/c1-2-20(24)15(23)18-14-17-13-7-11(10-4-3-5-16-8-10)6-12(9-22)21(13)19-14/h3-8,22,24H,2,9H2,1H3,(H,18,19,23). The quantitative estimate of drug-likeness (QED) is 0.494. The Balaban J connectivity index is 2.01. The number of anilines is 1. The largest absolute Gasteiger partial charge is 0.390 e. The van der Waals surface area contributed by atoms with E-state index < -0.39 is 6.03 Å². The number of amides is 2. The van der Waals surface area contributed by atoms with Crippen LogP contribution in [-0.2, 0) is 6.61 Å². The summed E-state index contributed by atoms with van der Waals surface area (Å²) in [6.07, 6.45) is 3.38. The number of carbonyl (C=O) groups excluding carboxylic acids is 1. The molecule has 0 saturated carbocycles. The predicted octanol–water partition coefficient (Wildman–Crippen LogP) is 1.53. The Morgan fingerprint density at radius 2 is 2.21 bits per heavy atom. The third kappa shape index (κ3) is 3.03. The number of urea groups is 1. The van der Waals surface area contributed by atoms with E-state index in [1.807, 2.05) is 12.1 Å². The van der Waals surface area contributed by atoms with E-state index in [-0.39, 0.29) is 19.1 Å². The second kappa shape index (κ2) is 6.60. The number of aliphatic hydroxyl groups is 1. The van der Waals surface area contributed by atoms with Gasteiger partial charge in [-0.3, -0.25) is 15.5 Å². The van der Waals surface area contributed by atoms with Crippen molar-refractivity contribution in [2.75, 3.05) is 11.9 Å². The summed E-state index contributed by atoms with van der Waals surface area (Å²) in [5, 5.41) is 26.0. The van der Waals surface area contributed by atoms with E-state index in [2.05, 4.69) is 20.4 Å². The van der Waals surface area contributed by atoms with Crippen LogP contribution in [0.3, 0.4) is 0 Å². The number of aromatic nitrogens is 4. The number of hydrogen-bond donors (Lipinski definition) is 3. The molecule has 3 N–H and O–H groups in total. The number of nitrogens with one attached hydrogen (secondary N) is 1. The molecule has 9 nitrogen and oxygen atoms in total. The van der Waals surface area contributed by atoms with Crippen molar-refractivity contribution in [3.05, 3.63) is 42.4 Å². The zero-order chi connectivity index (χ0) is 17.1. The normalized spacial score (nSPS) is 10.8. The molecule has 9 heteroatoms. The zero-order valence-corrected chi connectivity index (χ0v) is 12.9. The summed E-state index contributed by atoms with van der Waals surface area (Å²) in [5.74, 6) is 0.0329. The molecule has 0 aliphatic heterocycles. The number of carbonyl (C=O) groups is 1. The minimum absolute atomic E-state index is 0.0329. The van der Waals surface area contributed by atoms with Gasteiger partial charge in [-0.25, -0.2) is 14.4 Å². The highest BCUT2D eigenvalue weighted by atomic mass is 16.5. The monoisotopic (exact) mass is 328 g/mol. The molecule has 124 valence electrons. The van der Waals surface area contributed by atoms with Crippen LogP contribution < -0.4 is 5.32 Å². The van der Waals surface area contributed by atoms with E-state index in [1.165, 1.54) is 4.52 Å². The molecule has 0 atom stereocenters. The number of rotatable bonds is 4. The van der Waals surface area contributed by atoms with Gasteiger partial charge in [-0.2, -0.15) is 4.98 Å². The fourth-order valence-corrected chi connectivity index (χ4v) is 2.22. The number of hydrogen-bond acceptors (Lipinski definition) is 6. The van der Waals surface area contributed by atoms with Crippen LogP contribution in [0.25, 0.3) is 16.8 Å². The van der Waals surface area contributed by atoms with Crippen molar-refractivity contribution in [2.24, 2.45) is 0 Å². The molecular formula is C15H16N6O3. The summed E-state index contributed by atoms with van der Waals surface area (Å²) >= 11 is 0. The Labute approximate surface area is 137 Å². The molecule has 0 aromatic carbocycles. The maximum atomic E-state index is 11.7. The van der Waals surface area contributed by atoms with Crippen molar-refractivity contribution < 1.29 is 15.1 Å². The predicted molar refractivity (Wildman–Crippen MR) is 85.3 cm³/mol. The van der Waals surface area contributed by atoms with Gasteiger partial charge in [-0.05, 0) is 30.7 Å². The summed E-state index contributed by atoms with van der Waals surface area (Å²) in [6.45, 7) is 1.51. The molecule has 0 fully saturated rings. The van der Waals surface area contributed by atoms with Gasteiger partial charge in [0, 0.05) is 24.5 Å². The molecule has 0 saturated heterocycles. The van der Waals surface area contributed by atoms with Gasteiger partial charge < -0.3 is 5.11 Å². The molecule has 0 spiro atoms. The molecule has 3 heterocycles. The number of nitrogens with zero attached hydrogens (tertiary/aromatic N) is 5. The second-order valence-electron chi connectivity index (χ2n) is 4.99. The third-order valence-corrected chi connectivity index (χ3v) is 3.42. The van der Waals surface area contributed by atoms with Crippen molar-refractivity contribution in [1.29, 1.82) is 0 Å². The SMILES string of the molecule is CCN(O)C(=O)Nc1nc2cc(-c3cccnc3)cc(CO)n2n1. The summed E-state index contributed by atoms with van der Waals surface area (Å²) in [6, 6.07) is 6.52. The maximum Gasteiger partial charge on any atom is 0.347 e. The maximum absolute atomic E-state index is 11.7. The topological polar surface area (TPSA) is 116 Å². The van der Waals surface area contributed by atoms with Gasteiger partial charge in [-0.1, -0.05) is 6.07 Å². The highest BCUT2D eigenvalue weighted by molar-refractivity contribution is 5.86. The smallest absolute Gasteiger partial charge is 0.347 e. The van der Waals surface area contributed by atoms with Gasteiger partial charge in [-0.15, -0.1) is 5.10 Å². The lowest BCUT2D eigenvalue weighted by Crippen LogP contribution is -2.31. The van der Waals surface area contributed by atoms with Crippen LogP contribution in [0.2, 0.25) is 0 Å². The Morgan fingerprint density at radius 1 is 1.38 bits per heavy atom. The Kier molecular flexibility index (Phi) is 4.36. The molecule has 0 aliphatic rings. The van der Waals surface area contributed by atoms with E-state index in [0.717, 1.165) is 11.1 Å². The molecule has 3 aromatic rings. The van der Waals surface area contributed by atoms with E-state index in [4.69, 9.17) is 0 Å². The van der Waals surface area contributed by atoms with Crippen molar-refractivity contribution in [3.8, 4) is 11.1 Å². The van der Waals surface area contributed by atoms with Crippen LogP contribution in [0.4, 0.5) is 10.7 Å². The molecule has 0 bridgehead atoms. The van der Waals surface area contributed by atoms with Crippen molar-refractivity contribution in [3.63, 3.8) is 0 Å². The summed E-state index contributed by atoms with van der Waals surface area (Å²) in [7, 11) is 0. The van der Waals surface area contributed by atoms with Crippen LogP contribution in [0.5, 0.6) is 0 Å². The Morgan fingerprint density at radius 3 is 2.88 bits per heavy atom. The van der Waals surface area contributed by atoms with Gasteiger partial charge in [0.15, 0.2) is 5.65 Å². The van der Waals surface area contributed by atoms with Gasteiger partial charge in [0.05, 0.1) is 12.3 Å². The van der Waals surface area contributed by atoms with Crippen LogP contribution in [0.1, 0.15) is 12.6 Å². The fourth-order valence-electron chi connectivity index (χ4n) is 2.22. The minimum atomic E-state index is -0.730. The zero-order valence-electron chi connectivity index (χ0n) is 12.9. The van der Waals surface area contributed by atoms with Crippen LogP contribution in [0, 0.1) is 0 Å².